The number of unbranched alkanes of at least 4 members (excludes halogenated alkanes) is 13. The van der Waals surface area contributed by atoms with Gasteiger partial charge in [0.1, 0.15) is 6.61 Å². The monoisotopic (exact) mass is 937 g/mol. The highest BCUT2D eigenvalue weighted by Gasteiger charge is 2.17. The van der Waals surface area contributed by atoms with Crippen molar-refractivity contribution in [3.8, 4) is 0 Å². The Balaban J connectivity index is 4.45. The minimum Gasteiger partial charge on any atom is -0.462 e. The maximum atomic E-state index is 12.8. The molecule has 382 valence electrons. The van der Waals surface area contributed by atoms with Crippen LogP contribution in [0, 0.1) is 0 Å². The Kier molecular flexibility index (Phi) is 53.6. The molecular formula is C63H100O5. The molecular weight excluding hydrogens is 837 g/mol. The van der Waals surface area contributed by atoms with Crippen LogP contribution < -0.4 is 0 Å². The van der Waals surface area contributed by atoms with Gasteiger partial charge in [0.25, 0.3) is 0 Å². The summed E-state index contributed by atoms with van der Waals surface area (Å²) in [5.41, 5.74) is 0. The van der Waals surface area contributed by atoms with Crippen molar-refractivity contribution in [2.75, 3.05) is 19.8 Å². The third-order valence-electron chi connectivity index (χ3n) is 10.9. The lowest BCUT2D eigenvalue weighted by Gasteiger charge is -2.18. The second kappa shape index (κ2) is 57.1. The number of rotatable bonds is 48. The minimum absolute atomic E-state index is 0.0338. The molecule has 0 aliphatic carbocycles. The third kappa shape index (κ3) is 54.4. The molecule has 0 aliphatic rings. The van der Waals surface area contributed by atoms with E-state index in [0.29, 0.717) is 19.4 Å². The summed E-state index contributed by atoms with van der Waals surface area (Å²) in [7, 11) is 0. The predicted octanol–water partition coefficient (Wildman–Crippen LogP) is 18.9. The molecule has 0 saturated carbocycles. The first kappa shape index (κ1) is 63.8. The van der Waals surface area contributed by atoms with Crippen molar-refractivity contribution >= 4 is 11.9 Å². The van der Waals surface area contributed by atoms with Crippen molar-refractivity contribution in [1.82, 2.24) is 0 Å². The van der Waals surface area contributed by atoms with Crippen LogP contribution in [0.1, 0.15) is 213 Å². The summed E-state index contributed by atoms with van der Waals surface area (Å²) in [4.78, 5) is 25.5. The summed E-state index contributed by atoms with van der Waals surface area (Å²) >= 11 is 0. The van der Waals surface area contributed by atoms with E-state index in [4.69, 9.17) is 14.2 Å². The van der Waals surface area contributed by atoms with Crippen molar-refractivity contribution in [1.29, 1.82) is 0 Å². The van der Waals surface area contributed by atoms with Gasteiger partial charge in [-0.2, -0.15) is 0 Å². The number of esters is 2. The van der Waals surface area contributed by atoms with Crippen molar-refractivity contribution in [3.05, 3.63) is 146 Å². The standard InChI is InChI=1S/C63H100O5/c1-4-7-10-13-16-19-22-25-28-31-32-34-35-38-41-44-47-50-53-56-62(64)67-60-61(59-66-58-55-52-49-46-43-40-37-30-27-24-21-18-15-12-9-6-3)68-63(65)57-54-51-48-45-42-39-36-33-29-26-23-20-17-14-11-8-5-2/h7-12,16-21,25-30,32,34,40,43,49,52,61H,4-6,13-15,22-24,31,33,35-39,41-42,44-48,50-51,53-60H2,1-3H3/b10-7-,11-8-,12-9-,19-16-,20-17-,21-18-,28-25-,29-26-,30-27-,34-32-,43-40-,52-49-. The van der Waals surface area contributed by atoms with Crippen LogP contribution in [0.4, 0.5) is 0 Å². The number of allylic oxidation sites excluding steroid dienone is 23. The molecule has 0 aliphatic heterocycles. The van der Waals surface area contributed by atoms with Crippen molar-refractivity contribution < 1.29 is 23.8 Å². The molecule has 0 rings (SSSR count). The summed E-state index contributed by atoms with van der Waals surface area (Å²) in [6.07, 6.45) is 83.1. The summed E-state index contributed by atoms with van der Waals surface area (Å²) in [5.74, 6) is -0.475. The molecule has 0 N–H and O–H groups in total. The van der Waals surface area contributed by atoms with Crippen LogP contribution >= 0.6 is 0 Å². The van der Waals surface area contributed by atoms with Crippen LogP contribution in [0.3, 0.4) is 0 Å². The normalized spacial score (nSPS) is 13.4. The number of hydrogen-bond donors (Lipinski definition) is 0. The van der Waals surface area contributed by atoms with E-state index in [1.165, 1.54) is 44.9 Å². The second-order valence-electron chi connectivity index (χ2n) is 17.3. The molecule has 1 atom stereocenters. The molecule has 0 radical (unpaired) electrons. The zero-order chi connectivity index (χ0) is 49.2. The predicted molar refractivity (Wildman–Crippen MR) is 297 cm³/mol. The molecule has 5 heteroatoms. The summed E-state index contributed by atoms with van der Waals surface area (Å²) in [5, 5.41) is 0. The van der Waals surface area contributed by atoms with Crippen LogP contribution in [-0.4, -0.2) is 37.9 Å². The van der Waals surface area contributed by atoms with Gasteiger partial charge in [-0.1, -0.05) is 224 Å². The summed E-state index contributed by atoms with van der Waals surface area (Å²) < 4.78 is 17.3. The molecule has 1 unspecified atom stereocenters. The van der Waals surface area contributed by atoms with E-state index in [-0.39, 0.29) is 25.2 Å². The first-order chi connectivity index (χ1) is 33.6. The van der Waals surface area contributed by atoms with Crippen molar-refractivity contribution in [3.63, 3.8) is 0 Å². The second-order valence-corrected chi connectivity index (χ2v) is 17.3. The van der Waals surface area contributed by atoms with Gasteiger partial charge in [0, 0.05) is 12.8 Å². The molecule has 0 amide bonds. The Morgan fingerprint density at radius 2 is 0.618 bits per heavy atom. The highest BCUT2D eigenvalue weighted by atomic mass is 16.6. The number of hydrogen-bond acceptors (Lipinski definition) is 5. The quantitative estimate of drug-likeness (QED) is 0.0346. The molecule has 0 aromatic heterocycles. The van der Waals surface area contributed by atoms with E-state index < -0.39 is 6.10 Å². The van der Waals surface area contributed by atoms with Gasteiger partial charge in [-0.25, -0.2) is 0 Å². The molecule has 0 aromatic carbocycles. The Labute approximate surface area is 419 Å². The summed E-state index contributed by atoms with van der Waals surface area (Å²) in [6.45, 7) is 7.24. The number of ether oxygens (including phenoxy) is 3. The fraction of sp³-hybridized carbons (Fsp3) is 0.587. The van der Waals surface area contributed by atoms with Gasteiger partial charge in [-0.15, -0.1) is 0 Å². The van der Waals surface area contributed by atoms with Gasteiger partial charge < -0.3 is 14.2 Å². The van der Waals surface area contributed by atoms with Gasteiger partial charge in [0.05, 0.1) is 13.2 Å². The highest BCUT2D eigenvalue weighted by Crippen LogP contribution is 2.13. The van der Waals surface area contributed by atoms with Gasteiger partial charge in [-0.05, 0) is 122 Å². The smallest absolute Gasteiger partial charge is 0.306 e. The van der Waals surface area contributed by atoms with Gasteiger partial charge in [0.15, 0.2) is 6.10 Å². The SMILES string of the molecule is CC/C=C\C/C=C\C/C=C\C/C=C\C/C=C\CCOCC(COC(=O)CCCCCCCC/C=C\C/C=C\C/C=C\C/C=C\CC)OC(=O)CCCCCCCCC/C=C\C/C=C\C/C=C\CC. The maximum Gasteiger partial charge on any atom is 0.306 e. The van der Waals surface area contributed by atoms with E-state index in [1.807, 2.05) is 0 Å². The van der Waals surface area contributed by atoms with Gasteiger partial charge >= 0.3 is 11.9 Å². The Hall–Kier alpha value is -4.22. The zero-order valence-corrected chi connectivity index (χ0v) is 43.8. The average molecular weight is 937 g/mol. The van der Waals surface area contributed by atoms with Crippen LogP contribution in [0.15, 0.2) is 146 Å². The number of carbonyl (C=O) groups is 2. The van der Waals surface area contributed by atoms with Gasteiger partial charge in [0.2, 0.25) is 0 Å². The third-order valence-corrected chi connectivity index (χ3v) is 10.9. The van der Waals surface area contributed by atoms with Crippen LogP contribution in [0.25, 0.3) is 0 Å². The van der Waals surface area contributed by atoms with E-state index in [0.717, 1.165) is 135 Å². The molecule has 68 heavy (non-hydrogen) atoms. The Morgan fingerprint density at radius 1 is 0.324 bits per heavy atom. The van der Waals surface area contributed by atoms with Crippen LogP contribution in [0.5, 0.6) is 0 Å². The summed E-state index contributed by atoms with van der Waals surface area (Å²) in [6, 6.07) is 0. The van der Waals surface area contributed by atoms with Crippen LogP contribution in [0.2, 0.25) is 0 Å². The van der Waals surface area contributed by atoms with E-state index in [1.54, 1.807) is 0 Å². The molecule has 0 aromatic rings. The average Bonchev–Trinajstić information content (AvgIpc) is 3.34. The van der Waals surface area contributed by atoms with Gasteiger partial charge in [-0.3, -0.25) is 9.59 Å². The topological polar surface area (TPSA) is 61.8 Å². The number of carbonyl (C=O) groups excluding carboxylic acids is 2. The minimum atomic E-state index is -0.599. The molecule has 0 fully saturated rings. The fourth-order valence-corrected chi connectivity index (χ4v) is 6.93. The Morgan fingerprint density at radius 3 is 0.985 bits per heavy atom. The lowest BCUT2D eigenvalue weighted by molar-refractivity contribution is -0.162. The Bertz CT molecular complexity index is 1480. The molecule has 0 heterocycles. The van der Waals surface area contributed by atoms with Crippen LogP contribution in [-0.2, 0) is 23.8 Å². The zero-order valence-electron chi connectivity index (χ0n) is 43.8. The van der Waals surface area contributed by atoms with Crippen molar-refractivity contribution in [2.24, 2.45) is 0 Å². The first-order valence-electron chi connectivity index (χ1n) is 27.4. The van der Waals surface area contributed by atoms with E-state index in [9.17, 15) is 9.59 Å². The highest BCUT2D eigenvalue weighted by molar-refractivity contribution is 5.70. The molecule has 0 saturated heterocycles. The van der Waals surface area contributed by atoms with E-state index in [2.05, 4.69) is 167 Å². The fourth-order valence-electron chi connectivity index (χ4n) is 6.93. The molecule has 0 bridgehead atoms. The largest absolute Gasteiger partial charge is 0.462 e. The molecule has 5 nitrogen and oxygen atoms in total. The van der Waals surface area contributed by atoms with E-state index >= 15 is 0 Å². The lowest BCUT2D eigenvalue weighted by Crippen LogP contribution is -2.30. The molecule has 0 spiro atoms. The lowest BCUT2D eigenvalue weighted by atomic mass is 10.1. The van der Waals surface area contributed by atoms with Crippen molar-refractivity contribution in [2.45, 2.75) is 219 Å². The maximum absolute atomic E-state index is 12.8. The first-order valence-corrected chi connectivity index (χ1v) is 27.4.